The maximum absolute atomic E-state index is 5.47. The Hall–Kier alpha value is -0.980. The first-order valence-corrected chi connectivity index (χ1v) is 3.11. The van der Waals surface area contributed by atoms with E-state index in [2.05, 4.69) is 12.7 Å². The number of allylic oxidation sites excluding steroid dienone is 4. The molecule has 0 radical (unpaired) electrons. The summed E-state index contributed by atoms with van der Waals surface area (Å²) in [4.78, 5) is 0. The number of hydrogen-bond acceptors (Lipinski definition) is 1. The van der Waals surface area contributed by atoms with E-state index in [1.54, 1.807) is 0 Å². The van der Waals surface area contributed by atoms with E-state index in [-0.39, 0.29) is 0 Å². The van der Waals surface area contributed by atoms with Crippen LogP contribution >= 0.6 is 0 Å². The molecular formula is C8H11N. The summed E-state index contributed by atoms with van der Waals surface area (Å²) in [6.07, 6.45) is 8.32. The van der Waals surface area contributed by atoms with Gasteiger partial charge in [-0.3, -0.25) is 0 Å². The van der Waals surface area contributed by atoms with Crippen molar-refractivity contribution in [3.63, 3.8) is 0 Å². The average Bonchev–Trinajstić information content (AvgIpc) is 1.90. The van der Waals surface area contributed by atoms with Gasteiger partial charge in [0.25, 0.3) is 0 Å². The van der Waals surface area contributed by atoms with Gasteiger partial charge in [-0.1, -0.05) is 24.8 Å². The molecule has 1 aliphatic rings. The second kappa shape index (κ2) is 2.53. The molecule has 1 aliphatic carbocycles. The Bertz CT molecular complexity index is 175. The van der Waals surface area contributed by atoms with Gasteiger partial charge in [0, 0.05) is 5.70 Å². The third-order valence-electron chi connectivity index (χ3n) is 1.43. The SMILES string of the molecule is C=C(N)C1=CC=CCC1. The molecule has 0 bridgehead atoms. The number of nitrogens with two attached hydrogens (primary N) is 1. The highest BCUT2D eigenvalue weighted by atomic mass is 14.6. The van der Waals surface area contributed by atoms with Crippen LogP contribution in [0.4, 0.5) is 0 Å². The second-order valence-corrected chi connectivity index (χ2v) is 2.18. The summed E-state index contributed by atoms with van der Waals surface area (Å²) in [5.41, 5.74) is 7.36. The lowest BCUT2D eigenvalue weighted by molar-refractivity contribution is 0.964. The average molecular weight is 121 g/mol. The third kappa shape index (κ3) is 1.46. The van der Waals surface area contributed by atoms with Crippen LogP contribution in [-0.2, 0) is 0 Å². The molecule has 0 saturated carbocycles. The van der Waals surface area contributed by atoms with E-state index < -0.39 is 0 Å². The highest BCUT2D eigenvalue weighted by molar-refractivity contribution is 5.31. The van der Waals surface area contributed by atoms with Crippen LogP contribution in [0.15, 0.2) is 36.1 Å². The Morgan fingerprint density at radius 1 is 1.67 bits per heavy atom. The summed E-state index contributed by atoms with van der Waals surface area (Å²) in [5.74, 6) is 0. The van der Waals surface area contributed by atoms with Gasteiger partial charge in [-0.15, -0.1) is 0 Å². The van der Waals surface area contributed by atoms with E-state index in [1.165, 1.54) is 5.57 Å². The van der Waals surface area contributed by atoms with Crippen molar-refractivity contribution >= 4 is 0 Å². The Morgan fingerprint density at radius 3 is 2.78 bits per heavy atom. The van der Waals surface area contributed by atoms with E-state index in [0.717, 1.165) is 12.8 Å². The Labute approximate surface area is 55.6 Å². The quantitative estimate of drug-likeness (QED) is 0.561. The predicted octanol–water partition coefficient (Wildman–Crippen LogP) is 1.74. The van der Waals surface area contributed by atoms with E-state index in [1.807, 2.05) is 12.2 Å². The van der Waals surface area contributed by atoms with Crippen molar-refractivity contribution in [1.29, 1.82) is 0 Å². The Kier molecular flexibility index (Phi) is 1.73. The molecule has 0 aromatic carbocycles. The molecule has 0 atom stereocenters. The maximum atomic E-state index is 5.47. The molecule has 48 valence electrons. The molecule has 0 aromatic heterocycles. The molecule has 2 N–H and O–H groups in total. The van der Waals surface area contributed by atoms with Crippen molar-refractivity contribution in [1.82, 2.24) is 0 Å². The van der Waals surface area contributed by atoms with Crippen LogP contribution in [0, 0.1) is 0 Å². The molecule has 1 heteroatoms. The third-order valence-corrected chi connectivity index (χ3v) is 1.43. The fourth-order valence-electron chi connectivity index (χ4n) is 0.870. The van der Waals surface area contributed by atoms with Gasteiger partial charge >= 0.3 is 0 Å². The first kappa shape index (κ1) is 6.14. The molecule has 0 heterocycles. The molecule has 1 rings (SSSR count). The lowest BCUT2D eigenvalue weighted by Gasteiger charge is -2.06. The lowest BCUT2D eigenvalue weighted by atomic mass is 10.0. The van der Waals surface area contributed by atoms with Crippen molar-refractivity contribution in [2.24, 2.45) is 5.73 Å². The maximum Gasteiger partial charge on any atom is 0.0273 e. The zero-order valence-corrected chi connectivity index (χ0v) is 5.43. The van der Waals surface area contributed by atoms with Crippen LogP contribution in [0.5, 0.6) is 0 Å². The van der Waals surface area contributed by atoms with Gasteiger partial charge in [0.15, 0.2) is 0 Å². The van der Waals surface area contributed by atoms with Crippen molar-refractivity contribution in [2.75, 3.05) is 0 Å². The predicted molar refractivity (Wildman–Crippen MR) is 39.8 cm³/mol. The summed E-state index contributed by atoms with van der Waals surface area (Å²) in [7, 11) is 0. The van der Waals surface area contributed by atoms with E-state index in [9.17, 15) is 0 Å². The van der Waals surface area contributed by atoms with Crippen LogP contribution in [0.1, 0.15) is 12.8 Å². The molecule has 9 heavy (non-hydrogen) atoms. The van der Waals surface area contributed by atoms with Crippen LogP contribution in [0.3, 0.4) is 0 Å². The summed E-state index contributed by atoms with van der Waals surface area (Å²) in [6, 6.07) is 0. The van der Waals surface area contributed by atoms with E-state index in [4.69, 9.17) is 5.73 Å². The zero-order chi connectivity index (χ0) is 6.69. The van der Waals surface area contributed by atoms with Gasteiger partial charge in [-0.05, 0) is 18.4 Å². The summed E-state index contributed by atoms with van der Waals surface area (Å²) >= 11 is 0. The molecule has 0 aliphatic heterocycles. The first-order chi connectivity index (χ1) is 4.30. The normalized spacial score (nSPS) is 17.1. The largest absolute Gasteiger partial charge is 0.399 e. The second-order valence-electron chi connectivity index (χ2n) is 2.18. The smallest absolute Gasteiger partial charge is 0.0273 e. The highest BCUT2D eigenvalue weighted by Gasteiger charge is 1.98. The van der Waals surface area contributed by atoms with Crippen molar-refractivity contribution < 1.29 is 0 Å². The van der Waals surface area contributed by atoms with Crippen molar-refractivity contribution in [2.45, 2.75) is 12.8 Å². The van der Waals surface area contributed by atoms with E-state index in [0.29, 0.717) is 5.70 Å². The van der Waals surface area contributed by atoms with Gasteiger partial charge < -0.3 is 5.73 Å². The molecule has 0 amide bonds. The Morgan fingerprint density at radius 2 is 2.44 bits per heavy atom. The monoisotopic (exact) mass is 121 g/mol. The topological polar surface area (TPSA) is 26.0 Å². The van der Waals surface area contributed by atoms with Crippen LogP contribution in [0.25, 0.3) is 0 Å². The van der Waals surface area contributed by atoms with Crippen LogP contribution in [-0.4, -0.2) is 0 Å². The van der Waals surface area contributed by atoms with Crippen molar-refractivity contribution in [3.8, 4) is 0 Å². The minimum atomic E-state index is 0.708. The summed E-state index contributed by atoms with van der Waals surface area (Å²) < 4.78 is 0. The molecular weight excluding hydrogens is 110 g/mol. The lowest BCUT2D eigenvalue weighted by Crippen LogP contribution is -1.99. The molecule has 0 fully saturated rings. The minimum Gasteiger partial charge on any atom is -0.399 e. The van der Waals surface area contributed by atoms with Crippen LogP contribution < -0.4 is 5.73 Å². The fourth-order valence-corrected chi connectivity index (χ4v) is 0.870. The van der Waals surface area contributed by atoms with Gasteiger partial charge in [0.05, 0.1) is 0 Å². The van der Waals surface area contributed by atoms with Gasteiger partial charge in [-0.2, -0.15) is 0 Å². The standard InChI is InChI=1S/C8H11N/c1-7(9)8-5-3-2-4-6-8/h2-3,5H,1,4,6,9H2. The van der Waals surface area contributed by atoms with Gasteiger partial charge in [0.2, 0.25) is 0 Å². The fraction of sp³-hybridized carbons (Fsp3) is 0.250. The van der Waals surface area contributed by atoms with Crippen LogP contribution in [0.2, 0.25) is 0 Å². The molecule has 0 unspecified atom stereocenters. The first-order valence-electron chi connectivity index (χ1n) is 3.11. The van der Waals surface area contributed by atoms with E-state index >= 15 is 0 Å². The molecule has 0 spiro atoms. The Balaban J connectivity index is 2.68. The number of hydrogen-bond donors (Lipinski definition) is 1. The summed E-state index contributed by atoms with van der Waals surface area (Å²) in [5, 5.41) is 0. The molecule has 0 aromatic rings. The summed E-state index contributed by atoms with van der Waals surface area (Å²) in [6.45, 7) is 3.65. The highest BCUT2D eigenvalue weighted by Crippen LogP contribution is 2.14. The zero-order valence-electron chi connectivity index (χ0n) is 5.43. The van der Waals surface area contributed by atoms with Crippen molar-refractivity contribution in [3.05, 3.63) is 36.1 Å². The number of rotatable bonds is 1. The molecule has 1 nitrogen and oxygen atoms in total. The minimum absolute atomic E-state index is 0.708. The van der Waals surface area contributed by atoms with Gasteiger partial charge in [-0.25, -0.2) is 0 Å². The molecule has 0 saturated heterocycles. The van der Waals surface area contributed by atoms with Gasteiger partial charge in [0.1, 0.15) is 0 Å².